The normalized spacial score (nSPS) is 13.5. The van der Waals surface area contributed by atoms with E-state index in [9.17, 15) is 9.90 Å². The van der Waals surface area contributed by atoms with Crippen LogP contribution >= 0.6 is 23.2 Å². The molecule has 2 atom stereocenters. The topological polar surface area (TPSA) is 62.2 Å². The lowest BCUT2D eigenvalue weighted by Crippen LogP contribution is -2.31. The zero-order valence-electron chi connectivity index (χ0n) is 11.3. The first-order valence-electron chi connectivity index (χ1n) is 6.32. The molecule has 0 spiro atoms. The molecule has 0 radical (unpaired) electrons. The number of aliphatic hydroxyl groups excluding tert-OH is 1. The average molecular weight is 325 g/mol. The van der Waals surface area contributed by atoms with Crippen molar-refractivity contribution in [3.8, 4) is 0 Å². The van der Waals surface area contributed by atoms with Crippen molar-refractivity contribution in [3.63, 3.8) is 0 Å². The molecule has 110 valence electrons. The van der Waals surface area contributed by atoms with Gasteiger partial charge in [0.1, 0.15) is 0 Å². The van der Waals surface area contributed by atoms with Crippen LogP contribution in [0.4, 0.5) is 0 Å². The van der Waals surface area contributed by atoms with Crippen molar-refractivity contribution >= 4 is 29.1 Å². The maximum atomic E-state index is 12.0. The van der Waals surface area contributed by atoms with Crippen molar-refractivity contribution in [1.82, 2.24) is 10.3 Å². The van der Waals surface area contributed by atoms with Crippen LogP contribution in [0.1, 0.15) is 30.2 Å². The summed E-state index contributed by atoms with van der Waals surface area (Å²) in [6.07, 6.45) is 1.75. The molecule has 0 saturated carbocycles. The van der Waals surface area contributed by atoms with Crippen molar-refractivity contribution < 1.29 is 9.90 Å². The molecule has 0 aliphatic carbocycles. The van der Waals surface area contributed by atoms with Gasteiger partial charge < -0.3 is 10.4 Å². The summed E-state index contributed by atoms with van der Waals surface area (Å²) < 4.78 is 0. The maximum absolute atomic E-state index is 12.0. The molecule has 2 N–H and O–H groups in total. The lowest BCUT2D eigenvalue weighted by molar-refractivity contribution is -0.130. The first-order chi connectivity index (χ1) is 9.99. The number of carbonyl (C=O) groups is 1. The van der Waals surface area contributed by atoms with Gasteiger partial charge in [-0.25, -0.2) is 0 Å². The van der Waals surface area contributed by atoms with E-state index in [1.807, 2.05) is 0 Å². The molecule has 21 heavy (non-hydrogen) atoms. The van der Waals surface area contributed by atoms with Crippen molar-refractivity contribution in [1.29, 1.82) is 0 Å². The highest BCUT2D eigenvalue weighted by molar-refractivity contribution is 6.35. The van der Waals surface area contributed by atoms with Gasteiger partial charge in [0.2, 0.25) is 0 Å². The van der Waals surface area contributed by atoms with Crippen molar-refractivity contribution in [2.45, 2.75) is 19.1 Å². The molecule has 0 bridgehead atoms. The number of benzene rings is 1. The van der Waals surface area contributed by atoms with Gasteiger partial charge in [-0.1, -0.05) is 35.3 Å². The van der Waals surface area contributed by atoms with Crippen LogP contribution in [0, 0.1) is 0 Å². The number of aliphatic hydroxyl groups is 1. The van der Waals surface area contributed by atoms with Crippen LogP contribution in [0.5, 0.6) is 0 Å². The number of aromatic nitrogens is 1. The van der Waals surface area contributed by atoms with E-state index >= 15 is 0 Å². The number of hydrogen-bond donors (Lipinski definition) is 2. The van der Waals surface area contributed by atoms with Crippen molar-refractivity contribution in [3.05, 3.63) is 63.9 Å². The average Bonchev–Trinajstić information content (AvgIpc) is 2.47. The highest BCUT2D eigenvalue weighted by Crippen LogP contribution is 2.26. The van der Waals surface area contributed by atoms with E-state index in [1.54, 1.807) is 43.5 Å². The van der Waals surface area contributed by atoms with E-state index in [4.69, 9.17) is 23.2 Å². The molecule has 2 aromatic rings. The third kappa shape index (κ3) is 3.94. The molecule has 0 saturated heterocycles. The fourth-order valence-electron chi connectivity index (χ4n) is 1.91. The Bertz CT molecular complexity index is 635. The van der Waals surface area contributed by atoms with Gasteiger partial charge in [-0.2, -0.15) is 0 Å². The second-order valence-electron chi connectivity index (χ2n) is 4.59. The van der Waals surface area contributed by atoms with Gasteiger partial charge in [-0.15, -0.1) is 0 Å². The summed E-state index contributed by atoms with van der Waals surface area (Å²) in [5, 5.41) is 13.7. The van der Waals surface area contributed by atoms with Gasteiger partial charge in [0, 0.05) is 28.0 Å². The minimum absolute atomic E-state index is 0.353. The summed E-state index contributed by atoms with van der Waals surface area (Å²) in [4.78, 5) is 15.9. The number of hydrogen-bond acceptors (Lipinski definition) is 3. The number of pyridine rings is 1. The third-order valence-corrected chi connectivity index (χ3v) is 3.60. The summed E-state index contributed by atoms with van der Waals surface area (Å²) >= 11 is 11.9. The predicted molar refractivity (Wildman–Crippen MR) is 82.2 cm³/mol. The second kappa shape index (κ2) is 6.89. The van der Waals surface area contributed by atoms with Crippen LogP contribution in [0.2, 0.25) is 10.0 Å². The number of rotatable bonds is 4. The highest BCUT2D eigenvalue weighted by atomic mass is 35.5. The molecule has 1 heterocycles. The van der Waals surface area contributed by atoms with Gasteiger partial charge in [-0.3, -0.25) is 9.78 Å². The lowest BCUT2D eigenvalue weighted by atomic mass is 10.1. The third-order valence-electron chi connectivity index (χ3n) is 3.04. The van der Waals surface area contributed by atoms with E-state index in [-0.39, 0.29) is 6.04 Å². The Kier molecular flexibility index (Phi) is 5.17. The Labute approximate surface area is 132 Å². The van der Waals surface area contributed by atoms with Crippen LogP contribution in [0.3, 0.4) is 0 Å². The zero-order valence-corrected chi connectivity index (χ0v) is 12.8. The quantitative estimate of drug-likeness (QED) is 0.907. The van der Waals surface area contributed by atoms with Gasteiger partial charge >= 0.3 is 0 Å². The maximum Gasteiger partial charge on any atom is 0.254 e. The zero-order chi connectivity index (χ0) is 15.4. The molecule has 6 heteroatoms. The van der Waals surface area contributed by atoms with Gasteiger partial charge in [0.25, 0.3) is 5.91 Å². The largest absolute Gasteiger partial charge is 0.378 e. The molecule has 0 aliphatic rings. The van der Waals surface area contributed by atoms with Crippen LogP contribution < -0.4 is 5.32 Å². The fourth-order valence-corrected chi connectivity index (χ4v) is 2.48. The smallest absolute Gasteiger partial charge is 0.254 e. The molecule has 0 aliphatic heterocycles. The fraction of sp³-hybridized carbons (Fsp3) is 0.200. The summed E-state index contributed by atoms with van der Waals surface area (Å²) in [6.45, 7) is 1.78. The minimum Gasteiger partial charge on any atom is -0.378 e. The number of halogens is 2. The summed E-state index contributed by atoms with van der Waals surface area (Å²) in [5.41, 5.74) is 1.16. The van der Waals surface area contributed by atoms with Gasteiger partial charge in [0.15, 0.2) is 6.10 Å². The van der Waals surface area contributed by atoms with Gasteiger partial charge in [-0.05, 0) is 30.7 Å². The molecule has 1 aromatic carbocycles. The van der Waals surface area contributed by atoms with Crippen LogP contribution in [-0.2, 0) is 4.79 Å². The minimum atomic E-state index is -1.27. The lowest BCUT2D eigenvalue weighted by Gasteiger charge is -2.18. The number of nitrogens with one attached hydrogen (secondary N) is 1. The molecule has 4 nitrogen and oxygen atoms in total. The van der Waals surface area contributed by atoms with Crippen molar-refractivity contribution in [2.75, 3.05) is 0 Å². The Morgan fingerprint density at radius 3 is 2.71 bits per heavy atom. The van der Waals surface area contributed by atoms with E-state index in [1.165, 1.54) is 6.20 Å². The van der Waals surface area contributed by atoms with E-state index in [2.05, 4.69) is 10.3 Å². The molecular weight excluding hydrogens is 311 g/mol. The monoisotopic (exact) mass is 324 g/mol. The van der Waals surface area contributed by atoms with E-state index in [0.29, 0.717) is 15.6 Å². The SMILES string of the molecule is C[C@H](NC(=O)[C@@H](O)c1cccnc1)c1ccc(Cl)cc1Cl. The van der Waals surface area contributed by atoms with Crippen LogP contribution in [-0.4, -0.2) is 16.0 Å². The van der Waals surface area contributed by atoms with Crippen LogP contribution in [0.15, 0.2) is 42.7 Å². The second-order valence-corrected chi connectivity index (χ2v) is 5.43. The first-order valence-corrected chi connectivity index (χ1v) is 7.08. The van der Waals surface area contributed by atoms with E-state index < -0.39 is 12.0 Å². The molecular formula is C15H14Cl2N2O2. The standard InChI is InChI=1S/C15H14Cl2N2O2/c1-9(12-5-4-11(16)7-13(12)17)19-15(21)14(20)10-3-2-6-18-8-10/h2-9,14,20H,1H3,(H,19,21)/t9-,14-/m0/s1. The summed E-state index contributed by atoms with van der Waals surface area (Å²) in [7, 11) is 0. The Morgan fingerprint density at radius 2 is 2.10 bits per heavy atom. The molecule has 0 fully saturated rings. The molecule has 1 aromatic heterocycles. The molecule has 0 unspecified atom stereocenters. The Hall–Kier alpha value is -1.62. The number of carbonyl (C=O) groups excluding carboxylic acids is 1. The summed E-state index contributed by atoms with van der Waals surface area (Å²) in [5.74, 6) is -0.512. The van der Waals surface area contributed by atoms with Gasteiger partial charge in [0.05, 0.1) is 6.04 Å². The van der Waals surface area contributed by atoms with Crippen LogP contribution in [0.25, 0.3) is 0 Å². The predicted octanol–water partition coefficient (Wildman–Crippen LogP) is 3.30. The number of nitrogens with zero attached hydrogens (tertiary/aromatic N) is 1. The van der Waals surface area contributed by atoms with E-state index in [0.717, 1.165) is 5.56 Å². The first kappa shape index (κ1) is 15.8. The highest BCUT2D eigenvalue weighted by Gasteiger charge is 2.20. The Balaban J connectivity index is 2.08. The number of amides is 1. The summed E-state index contributed by atoms with van der Waals surface area (Å²) in [6, 6.07) is 7.99. The molecule has 2 rings (SSSR count). The molecule has 1 amide bonds. The Morgan fingerprint density at radius 1 is 1.33 bits per heavy atom. The van der Waals surface area contributed by atoms with Crippen molar-refractivity contribution in [2.24, 2.45) is 0 Å².